The predicted octanol–water partition coefficient (Wildman–Crippen LogP) is 2.61. The van der Waals surface area contributed by atoms with E-state index >= 15 is 0 Å². The number of halogens is 1. The van der Waals surface area contributed by atoms with Crippen molar-refractivity contribution >= 4 is 15.9 Å². The van der Waals surface area contributed by atoms with Crippen LogP contribution in [0, 0.1) is 5.41 Å². The first-order chi connectivity index (χ1) is 6.46. The zero-order valence-corrected chi connectivity index (χ0v) is 9.88. The van der Waals surface area contributed by atoms with E-state index in [9.17, 15) is 5.11 Å². The van der Waals surface area contributed by atoms with Crippen molar-refractivity contribution in [1.29, 1.82) is 0 Å². The first-order valence-corrected chi connectivity index (χ1v) is 5.48. The van der Waals surface area contributed by atoms with Gasteiger partial charge in [-0.05, 0) is 17.5 Å². The first-order valence-electron chi connectivity index (χ1n) is 4.69. The minimum absolute atomic E-state index is 0.0986. The Kier molecular flexibility index (Phi) is 2.12. The minimum atomic E-state index is 0.0986. The molecule has 14 heavy (non-hydrogen) atoms. The Morgan fingerprint density at radius 1 is 1.43 bits per heavy atom. The molecule has 0 amide bonds. The lowest BCUT2D eigenvalue weighted by molar-refractivity contribution is 0.463. The molecule has 0 heterocycles. The third-order valence-electron chi connectivity index (χ3n) is 3.25. The molecule has 1 aromatic rings. The summed E-state index contributed by atoms with van der Waals surface area (Å²) in [6, 6.07) is 5.62. The summed E-state index contributed by atoms with van der Waals surface area (Å²) < 4.78 is 0.948. The summed E-state index contributed by atoms with van der Waals surface area (Å²) in [4.78, 5) is 0. The normalized spacial score (nSPS) is 28.9. The highest BCUT2D eigenvalue weighted by atomic mass is 79.9. The molecule has 0 saturated heterocycles. The number of hydrogen-bond donors (Lipinski definition) is 2. The van der Waals surface area contributed by atoms with Crippen LogP contribution >= 0.6 is 15.9 Å². The fraction of sp³-hybridized carbons (Fsp3) is 0.455. The molecule has 0 aliphatic heterocycles. The average Bonchev–Trinajstić information content (AvgIpc) is 2.54. The highest BCUT2D eigenvalue weighted by Crippen LogP contribution is 2.60. The Hall–Kier alpha value is -0.540. The number of phenolic OH excluding ortho intramolecular Hbond substituents is 1. The van der Waals surface area contributed by atoms with Crippen LogP contribution in [0.3, 0.4) is 0 Å². The number of hydrogen-bond acceptors (Lipinski definition) is 2. The van der Waals surface area contributed by atoms with E-state index in [1.54, 1.807) is 6.07 Å². The summed E-state index contributed by atoms with van der Waals surface area (Å²) in [7, 11) is 0. The van der Waals surface area contributed by atoms with Gasteiger partial charge < -0.3 is 10.8 Å². The van der Waals surface area contributed by atoms with Gasteiger partial charge in [0.1, 0.15) is 5.75 Å². The van der Waals surface area contributed by atoms with E-state index in [0.29, 0.717) is 5.75 Å². The van der Waals surface area contributed by atoms with Crippen LogP contribution in [0.1, 0.15) is 25.3 Å². The van der Waals surface area contributed by atoms with Gasteiger partial charge in [-0.2, -0.15) is 0 Å². The monoisotopic (exact) mass is 255 g/mol. The second-order valence-electron chi connectivity index (χ2n) is 4.50. The minimum Gasteiger partial charge on any atom is -0.508 e. The molecule has 76 valence electrons. The van der Waals surface area contributed by atoms with Crippen LogP contribution < -0.4 is 5.73 Å². The lowest BCUT2D eigenvalue weighted by Crippen LogP contribution is -2.06. The largest absolute Gasteiger partial charge is 0.508 e. The molecule has 0 radical (unpaired) electrons. The Morgan fingerprint density at radius 2 is 2.00 bits per heavy atom. The number of phenols is 1. The molecule has 0 spiro atoms. The Morgan fingerprint density at radius 3 is 2.43 bits per heavy atom. The van der Waals surface area contributed by atoms with Crippen molar-refractivity contribution in [2.45, 2.75) is 25.8 Å². The molecule has 1 aliphatic rings. The van der Waals surface area contributed by atoms with Crippen LogP contribution in [0.25, 0.3) is 0 Å². The van der Waals surface area contributed by atoms with E-state index in [2.05, 4.69) is 29.8 Å². The second kappa shape index (κ2) is 2.97. The Bertz CT molecular complexity index is 355. The highest BCUT2D eigenvalue weighted by Gasteiger charge is 2.57. The van der Waals surface area contributed by atoms with Gasteiger partial charge in [-0.1, -0.05) is 35.8 Å². The smallest absolute Gasteiger partial charge is 0.120 e. The maximum Gasteiger partial charge on any atom is 0.120 e. The summed E-state index contributed by atoms with van der Waals surface area (Å²) in [5, 5.41) is 9.77. The third kappa shape index (κ3) is 1.27. The molecule has 1 aliphatic carbocycles. The predicted molar refractivity (Wildman–Crippen MR) is 60.3 cm³/mol. The average molecular weight is 256 g/mol. The van der Waals surface area contributed by atoms with E-state index < -0.39 is 0 Å². The van der Waals surface area contributed by atoms with Crippen molar-refractivity contribution in [3.8, 4) is 5.75 Å². The second-order valence-corrected chi connectivity index (χ2v) is 5.35. The summed E-state index contributed by atoms with van der Waals surface area (Å²) in [6.45, 7) is 4.25. The summed E-state index contributed by atoms with van der Waals surface area (Å²) in [6.07, 6.45) is 0. The Labute approximate surface area is 92.3 Å². The number of nitrogens with two attached hydrogens (primary N) is 1. The molecule has 0 aromatic heterocycles. The highest BCUT2D eigenvalue weighted by molar-refractivity contribution is 9.10. The molecular formula is C11H14BrNO. The van der Waals surface area contributed by atoms with E-state index in [1.165, 1.54) is 0 Å². The number of benzene rings is 1. The fourth-order valence-electron chi connectivity index (χ4n) is 2.06. The van der Waals surface area contributed by atoms with Gasteiger partial charge in [0.25, 0.3) is 0 Å². The van der Waals surface area contributed by atoms with Crippen LogP contribution in [-0.4, -0.2) is 11.1 Å². The molecule has 1 saturated carbocycles. The van der Waals surface area contributed by atoms with Gasteiger partial charge in [0.2, 0.25) is 0 Å². The van der Waals surface area contributed by atoms with Crippen molar-refractivity contribution in [2.24, 2.45) is 11.1 Å². The van der Waals surface area contributed by atoms with Crippen molar-refractivity contribution < 1.29 is 5.11 Å². The van der Waals surface area contributed by atoms with E-state index in [1.807, 2.05) is 12.1 Å². The fourth-order valence-corrected chi connectivity index (χ4v) is 2.67. The zero-order chi connectivity index (χ0) is 10.5. The number of aromatic hydroxyl groups is 1. The van der Waals surface area contributed by atoms with Crippen LogP contribution in [-0.2, 0) is 0 Å². The maximum absolute atomic E-state index is 9.77. The molecule has 2 atom stereocenters. The van der Waals surface area contributed by atoms with Crippen LogP contribution in [0.4, 0.5) is 0 Å². The number of rotatable bonds is 1. The maximum atomic E-state index is 9.77. The molecule has 0 bridgehead atoms. The molecule has 1 fully saturated rings. The van der Waals surface area contributed by atoms with Crippen molar-refractivity contribution in [3.63, 3.8) is 0 Å². The lowest BCUT2D eigenvalue weighted by atomic mass is 10.0. The van der Waals surface area contributed by atoms with Gasteiger partial charge in [0, 0.05) is 22.0 Å². The molecule has 2 rings (SSSR count). The summed E-state index contributed by atoms with van der Waals surface area (Å²) in [5.41, 5.74) is 7.03. The van der Waals surface area contributed by atoms with Gasteiger partial charge in [-0.3, -0.25) is 0 Å². The molecule has 3 N–H and O–H groups in total. The van der Waals surface area contributed by atoms with E-state index in [-0.39, 0.29) is 17.4 Å². The van der Waals surface area contributed by atoms with Gasteiger partial charge in [0.05, 0.1) is 0 Å². The van der Waals surface area contributed by atoms with Crippen LogP contribution in [0.2, 0.25) is 0 Å². The lowest BCUT2D eigenvalue weighted by Gasteiger charge is -2.07. The van der Waals surface area contributed by atoms with Gasteiger partial charge >= 0.3 is 0 Å². The van der Waals surface area contributed by atoms with Gasteiger partial charge in [-0.25, -0.2) is 0 Å². The van der Waals surface area contributed by atoms with Gasteiger partial charge in [-0.15, -0.1) is 0 Å². The van der Waals surface area contributed by atoms with Crippen molar-refractivity contribution in [1.82, 2.24) is 0 Å². The van der Waals surface area contributed by atoms with Crippen molar-refractivity contribution in [2.75, 3.05) is 0 Å². The van der Waals surface area contributed by atoms with Crippen molar-refractivity contribution in [3.05, 3.63) is 28.2 Å². The van der Waals surface area contributed by atoms with E-state index in [0.717, 1.165) is 10.0 Å². The zero-order valence-electron chi connectivity index (χ0n) is 8.29. The molecule has 2 unspecified atom stereocenters. The topological polar surface area (TPSA) is 46.2 Å². The summed E-state index contributed by atoms with van der Waals surface area (Å²) in [5.74, 6) is 0.600. The summed E-state index contributed by atoms with van der Waals surface area (Å²) >= 11 is 3.45. The van der Waals surface area contributed by atoms with E-state index in [4.69, 9.17) is 5.73 Å². The Balaban J connectivity index is 2.44. The van der Waals surface area contributed by atoms with Crippen LogP contribution in [0.5, 0.6) is 5.75 Å². The third-order valence-corrected chi connectivity index (χ3v) is 3.94. The standard InChI is InChI=1S/C11H14BrNO/c1-11(2)9(10(11)13)8-6(12)4-3-5-7(8)14/h3-5,9-10,14H,13H2,1-2H3. The quantitative estimate of drug-likeness (QED) is 0.811. The molecule has 1 aromatic carbocycles. The van der Waals surface area contributed by atoms with Gasteiger partial charge in [0.15, 0.2) is 0 Å². The van der Waals surface area contributed by atoms with Crippen LogP contribution in [0.15, 0.2) is 22.7 Å². The molecular weight excluding hydrogens is 242 g/mol. The molecule has 3 heteroatoms. The SMILES string of the molecule is CC1(C)C(N)C1c1c(O)cccc1Br. The molecule has 2 nitrogen and oxygen atoms in total. The first kappa shape index (κ1) is 9.99.